The first-order chi connectivity index (χ1) is 15.0. The van der Waals surface area contributed by atoms with Gasteiger partial charge >= 0.3 is 0 Å². The lowest BCUT2D eigenvalue weighted by Gasteiger charge is -2.33. The number of para-hydroxylation sites is 1. The molecular formula is C25H21ClN2O2S. The van der Waals surface area contributed by atoms with Gasteiger partial charge in [0.1, 0.15) is 0 Å². The van der Waals surface area contributed by atoms with Crippen LogP contribution in [0.1, 0.15) is 23.2 Å². The third kappa shape index (κ3) is 3.49. The molecule has 0 unspecified atom stereocenters. The van der Waals surface area contributed by atoms with Gasteiger partial charge in [0.25, 0.3) is 0 Å². The highest BCUT2D eigenvalue weighted by atomic mass is 35.5. The first-order valence-electron chi connectivity index (χ1n) is 10.0. The Balaban J connectivity index is 1.63. The average Bonchev–Trinajstić information content (AvgIpc) is 3.09. The smallest absolute Gasteiger partial charge is 0.241 e. The van der Waals surface area contributed by atoms with E-state index in [-0.39, 0.29) is 10.9 Å². The molecule has 4 nitrogen and oxygen atoms in total. The summed E-state index contributed by atoms with van der Waals surface area (Å²) in [5.74, 6) is 0. The molecule has 0 aliphatic heterocycles. The zero-order chi connectivity index (χ0) is 21.6. The normalized spacial score (nSPS) is 17.7. The number of hydrogen-bond acceptors (Lipinski definition) is 3. The Morgan fingerprint density at radius 2 is 1.45 bits per heavy atom. The van der Waals surface area contributed by atoms with Crippen LogP contribution < -0.4 is 9.62 Å². The van der Waals surface area contributed by atoms with Gasteiger partial charge in [-0.05, 0) is 58.3 Å². The summed E-state index contributed by atoms with van der Waals surface area (Å²) in [6, 6.07) is 27.9. The second-order valence-electron chi connectivity index (χ2n) is 7.74. The van der Waals surface area contributed by atoms with Gasteiger partial charge < -0.3 is 4.90 Å². The largest absolute Gasteiger partial charge is 0.366 e. The number of halogens is 1. The molecule has 1 aliphatic carbocycles. The summed E-state index contributed by atoms with van der Waals surface area (Å²) in [6.45, 7) is 0. The van der Waals surface area contributed by atoms with E-state index in [0.717, 1.165) is 27.6 Å². The van der Waals surface area contributed by atoms with Crippen LogP contribution in [0.3, 0.4) is 0 Å². The molecule has 0 heterocycles. The fraction of sp³-hybridized carbons (Fsp3) is 0.120. The Morgan fingerprint density at radius 1 is 0.806 bits per heavy atom. The van der Waals surface area contributed by atoms with Crippen LogP contribution in [0.25, 0.3) is 10.8 Å². The highest BCUT2D eigenvalue weighted by molar-refractivity contribution is 7.89. The number of hydrogen-bond donors (Lipinski definition) is 1. The van der Waals surface area contributed by atoms with Crippen molar-refractivity contribution in [3.05, 3.63) is 107 Å². The molecular weight excluding hydrogens is 428 g/mol. The first kappa shape index (κ1) is 20.1. The molecule has 2 atom stereocenters. The zero-order valence-electron chi connectivity index (χ0n) is 16.9. The lowest BCUT2D eigenvalue weighted by molar-refractivity contribution is 0.505. The third-order valence-electron chi connectivity index (χ3n) is 5.93. The molecule has 0 saturated heterocycles. The summed E-state index contributed by atoms with van der Waals surface area (Å²) in [5, 5.41) is 2.72. The van der Waals surface area contributed by atoms with Crippen LogP contribution >= 0.6 is 11.6 Å². The van der Waals surface area contributed by atoms with Gasteiger partial charge in [-0.25, -0.2) is 13.1 Å². The number of likely N-dealkylation sites (N-methyl/N-ethyl adjacent to an activating group) is 1. The van der Waals surface area contributed by atoms with Crippen LogP contribution in [0.5, 0.6) is 0 Å². The minimum Gasteiger partial charge on any atom is -0.366 e. The second kappa shape index (κ2) is 7.68. The number of sulfonamides is 1. The molecule has 31 heavy (non-hydrogen) atoms. The summed E-state index contributed by atoms with van der Waals surface area (Å²) in [5.41, 5.74) is 3.12. The van der Waals surface area contributed by atoms with Crippen molar-refractivity contribution in [2.24, 2.45) is 0 Å². The molecule has 0 spiro atoms. The van der Waals surface area contributed by atoms with E-state index < -0.39 is 16.1 Å². The molecule has 0 amide bonds. The van der Waals surface area contributed by atoms with E-state index >= 15 is 0 Å². The molecule has 1 aliphatic rings. The molecule has 5 rings (SSSR count). The Labute approximate surface area is 187 Å². The van der Waals surface area contributed by atoms with Crippen LogP contribution in [0, 0.1) is 0 Å². The minimum absolute atomic E-state index is 0.189. The van der Waals surface area contributed by atoms with E-state index in [1.165, 1.54) is 12.1 Å². The van der Waals surface area contributed by atoms with Gasteiger partial charge in [0.2, 0.25) is 10.0 Å². The van der Waals surface area contributed by atoms with Crippen LogP contribution in [-0.2, 0) is 10.0 Å². The molecule has 0 saturated carbocycles. The zero-order valence-corrected chi connectivity index (χ0v) is 18.4. The molecule has 4 aromatic rings. The Bertz CT molecular complexity index is 1350. The lowest BCUT2D eigenvalue weighted by Crippen LogP contribution is -2.37. The molecule has 4 aromatic carbocycles. The van der Waals surface area contributed by atoms with Crippen molar-refractivity contribution < 1.29 is 8.42 Å². The summed E-state index contributed by atoms with van der Waals surface area (Å²) in [6.07, 6.45) is 0. The summed E-state index contributed by atoms with van der Waals surface area (Å²) in [7, 11) is -1.75. The van der Waals surface area contributed by atoms with Crippen LogP contribution in [0.2, 0.25) is 5.02 Å². The lowest BCUT2D eigenvalue weighted by atomic mass is 10.0. The van der Waals surface area contributed by atoms with Crippen LogP contribution in [-0.4, -0.2) is 15.5 Å². The van der Waals surface area contributed by atoms with Crippen molar-refractivity contribution in [3.8, 4) is 0 Å². The SMILES string of the molecule is CN(c1ccccc1)[C@@H]1c2cccc3cccc(c23)[C@@H]1NS(=O)(=O)c1ccc(Cl)cc1. The van der Waals surface area contributed by atoms with Gasteiger partial charge in [-0.2, -0.15) is 0 Å². The van der Waals surface area contributed by atoms with E-state index in [2.05, 4.69) is 27.8 Å². The van der Waals surface area contributed by atoms with Gasteiger partial charge in [0.05, 0.1) is 17.0 Å². The van der Waals surface area contributed by atoms with Crippen molar-refractivity contribution in [2.75, 3.05) is 11.9 Å². The van der Waals surface area contributed by atoms with Crippen molar-refractivity contribution in [1.29, 1.82) is 0 Å². The highest BCUT2D eigenvalue weighted by Crippen LogP contribution is 2.48. The number of nitrogens with one attached hydrogen (secondary N) is 1. The predicted molar refractivity (Wildman–Crippen MR) is 126 cm³/mol. The Hall–Kier alpha value is -2.86. The van der Waals surface area contributed by atoms with Crippen molar-refractivity contribution >= 4 is 38.1 Å². The molecule has 1 N–H and O–H groups in total. The van der Waals surface area contributed by atoms with Crippen LogP contribution in [0.15, 0.2) is 95.9 Å². The van der Waals surface area contributed by atoms with E-state index in [9.17, 15) is 8.42 Å². The topological polar surface area (TPSA) is 49.4 Å². The predicted octanol–water partition coefficient (Wildman–Crippen LogP) is 5.70. The number of anilines is 1. The quantitative estimate of drug-likeness (QED) is 0.425. The molecule has 6 heteroatoms. The fourth-order valence-electron chi connectivity index (χ4n) is 4.49. The number of benzene rings is 4. The molecule has 156 valence electrons. The van der Waals surface area contributed by atoms with Crippen LogP contribution in [0.4, 0.5) is 5.69 Å². The van der Waals surface area contributed by atoms with Gasteiger partial charge in [-0.1, -0.05) is 66.2 Å². The monoisotopic (exact) mass is 448 g/mol. The standard InChI is InChI=1S/C25H21ClN2O2S/c1-28(19-9-3-2-4-10-19)25-22-12-6-8-17-7-5-11-21(23(17)22)24(25)27-31(29,30)20-15-13-18(26)14-16-20/h2-16,24-25,27H,1H3/t24-,25+/m0/s1. The van der Waals surface area contributed by atoms with Gasteiger partial charge in [0.15, 0.2) is 0 Å². The summed E-state index contributed by atoms with van der Waals surface area (Å²) >= 11 is 5.96. The third-order valence-corrected chi connectivity index (χ3v) is 7.63. The van der Waals surface area contributed by atoms with Crippen molar-refractivity contribution in [1.82, 2.24) is 4.72 Å². The summed E-state index contributed by atoms with van der Waals surface area (Å²) in [4.78, 5) is 2.34. The Kier molecular flexibility index (Phi) is 4.97. The van der Waals surface area contributed by atoms with E-state index in [4.69, 9.17) is 11.6 Å². The Morgan fingerprint density at radius 3 is 2.13 bits per heavy atom. The molecule has 0 bridgehead atoms. The first-order valence-corrected chi connectivity index (χ1v) is 11.9. The summed E-state index contributed by atoms with van der Waals surface area (Å²) < 4.78 is 29.6. The van der Waals surface area contributed by atoms with E-state index in [1.54, 1.807) is 12.1 Å². The average molecular weight is 449 g/mol. The number of rotatable bonds is 5. The minimum atomic E-state index is -3.76. The number of nitrogens with zero attached hydrogens (tertiary/aromatic N) is 1. The van der Waals surface area contributed by atoms with E-state index in [1.807, 2.05) is 55.6 Å². The maximum atomic E-state index is 13.3. The van der Waals surface area contributed by atoms with Crippen molar-refractivity contribution in [3.63, 3.8) is 0 Å². The van der Waals surface area contributed by atoms with Gasteiger partial charge in [-0.3, -0.25) is 0 Å². The maximum absolute atomic E-state index is 13.3. The van der Waals surface area contributed by atoms with E-state index in [0.29, 0.717) is 5.02 Å². The van der Waals surface area contributed by atoms with Gasteiger partial charge in [0, 0.05) is 17.8 Å². The molecule has 0 aromatic heterocycles. The molecule has 0 radical (unpaired) electrons. The highest BCUT2D eigenvalue weighted by Gasteiger charge is 2.39. The fourth-order valence-corrected chi connectivity index (χ4v) is 5.83. The molecule has 0 fully saturated rings. The second-order valence-corrected chi connectivity index (χ2v) is 9.89. The maximum Gasteiger partial charge on any atom is 0.241 e. The van der Waals surface area contributed by atoms with Gasteiger partial charge in [-0.15, -0.1) is 0 Å². The van der Waals surface area contributed by atoms with Crippen molar-refractivity contribution in [2.45, 2.75) is 17.0 Å².